The van der Waals surface area contributed by atoms with Crippen molar-refractivity contribution in [3.8, 4) is 0 Å². The average Bonchev–Trinajstić information content (AvgIpc) is 3.46. The van der Waals surface area contributed by atoms with E-state index in [-0.39, 0.29) is 16.9 Å². The van der Waals surface area contributed by atoms with Crippen molar-refractivity contribution in [1.29, 1.82) is 0 Å². The van der Waals surface area contributed by atoms with Gasteiger partial charge in [-0.15, -0.1) is 10.2 Å². The van der Waals surface area contributed by atoms with Crippen molar-refractivity contribution in [3.05, 3.63) is 76.0 Å². The van der Waals surface area contributed by atoms with Gasteiger partial charge >= 0.3 is 6.09 Å². The Kier molecular flexibility index (Phi) is 6.13. The van der Waals surface area contributed by atoms with Crippen molar-refractivity contribution >= 4 is 40.6 Å². The number of rotatable bonds is 4. The summed E-state index contributed by atoms with van der Waals surface area (Å²) >= 11 is 6.13. The fourth-order valence-corrected chi connectivity index (χ4v) is 4.85. The van der Waals surface area contributed by atoms with E-state index in [2.05, 4.69) is 15.5 Å². The van der Waals surface area contributed by atoms with E-state index in [9.17, 15) is 18.4 Å². The minimum atomic E-state index is -2.86. The summed E-state index contributed by atoms with van der Waals surface area (Å²) in [5, 5.41) is 10.7. The van der Waals surface area contributed by atoms with E-state index in [0.717, 1.165) is 5.56 Å². The summed E-state index contributed by atoms with van der Waals surface area (Å²) in [4.78, 5) is 28.1. The van der Waals surface area contributed by atoms with Gasteiger partial charge in [-0.05, 0) is 57.0 Å². The van der Waals surface area contributed by atoms with Gasteiger partial charge in [0, 0.05) is 24.5 Å². The second kappa shape index (κ2) is 9.09. The molecule has 1 aromatic carbocycles. The summed E-state index contributed by atoms with van der Waals surface area (Å²) in [6.45, 7) is 6.93. The van der Waals surface area contributed by atoms with Crippen molar-refractivity contribution in [2.24, 2.45) is 7.05 Å². The third-order valence-corrected chi connectivity index (χ3v) is 6.43. The van der Waals surface area contributed by atoms with Crippen molar-refractivity contribution in [1.82, 2.24) is 19.2 Å². The van der Waals surface area contributed by atoms with Crippen LogP contribution in [0.5, 0.6) is 0 Å². The van der Waals surface area contributed by atoms with E-state index < -0.39 is 35.9 Å². The number of aromatic nitrogens is 4. The number of aryl methyl sites for hydroxylation is 2. The summed E-state index contributed by atoms with van der Waals surface area (Å²) in [5.41, 5.74) is 2.35. The number of fused-ring (bicyclic) bond motifs is 2. The van der Waals surface area contributed by atoms with E-state index in [1.807, 2.05) is 0 Å². The molecule has 1 N–H and O–H groups in total. The number of alkyl halides is 2. The number of anilines is 2. The second-order valence-electron chi connectivity index (χ2n) is 10.1. The molecular formula is C26H25ClF2N6O3. The van der Waals surface area contributed by atoms with Crippen molar-refractivity contribution in [2.75, 3.05) is 10.2 Å². The molecule has 12 heteroatoms. The first-order valence-electron chi connectivity index (χ1n) is 11.8. The number of ether oxygens (including phenoxy) is 1. The summed E-state index contributed by atoms with van der Waals surface area (Å²) in [6.07, 6.45) is -0.487. The lowest BCUT2D eigenvalue weighted by Gasteiger charge is -2.27. The third-order valence-electron chi connectivity index (χ3n) is 6.17. The first-order chi connectivity index (χ1) is 17.9. The highest BCUT2D eigenvalue weighted by molar-refractivity contribution is 6.30. The van der Waals surface area contributed by atoms with Crippen molar-refractivity contribution < 1.29 is 23.1 Å². The topological polar surface area (TPSA) is 93.8 Å². The Morgan fingerprint density at radius 1 is 1.16 bits per heavy atom. The van der Waals surface area contributed by atoms with Crippen LogP contribution < -0.4 is 10.2 Å². The predicted molar refractivity (Wildman–Crippen MR) is 138 cm³/mol. The third kappa shape index (κ3) is 4.36. The summed E-state index contributed by atoms with van der Waals surface area (Å²) in [7, 11) is 1.77. The Hall–Kier alpha value is -3.99. The molecule has 1 unspecified atom stereocenters. The molecule has 0 bridgehead atoms. The van der Waals surface area contributed by atoms with Crippen molar-refractivity contribution in [2.45, 2.75) is 45.8 Å². The van der Waals surface area contributed by atoms with Gasteiger partial charge in [0.15, 0.2) is 5.65 Å². The van der Waals surface area contributed by atoms with Crippen LogP contribution in [0.4, 0.5) is 25.0 Å². The predicted octanol–water partition coefficient (Wildman–Crippen LogP) is 6.06. The molecule has 1 aliphatic heterocycles. The van der Waals surface area contributed by atoms with Gasteiger partial charge in [0.05, 0.1) is 22.6 Å². The van der Waals surface area contributed by atoms with Crippen LogP contribution in [0.2, 0.25) is 5.02 Å². The van der Waals surface area contributed by atoms with Gasteiger partial charge in [0.1, 0.15) is 11.6 Å². The first kappa shape index (κ1) is 25.7. The maximum Gasteiger partial charge on any atom is 0.412 e. The van der Waals surface area contributed by atoms with Gasteiger partial charge < -0.3 is 9.30 Å². The van der Waals surface area contributed by atoms with E-state index in [1.165, 1.54) is 15.5 Å². The average molecular weight is 543 g/mol. The molecule has 0 fully saturated rings. The van der Waals surface area contributed by atoms with Crippen LogP contribution in [0, 0.1) is 6.92 Å². The van der Waals surface area contributed by atoms with Gasteiger partial charge in [-0.25, -0.2) is 13.6 Å². The highest BCUT2D eigenvalue weighted by Gasteiger charge is 2.44. The Bertz CT molecular complexity index is 1570. The standard InChI is InChI=1S/C26H25ClF2N6O3/c1-13-10-16(11-34-22(13)31-32-23(34)21(28)29)35-19(14-6-8-15(27)9-7-14)20-18(24(35)36)17(12-33(20)5)30-25(37)38-26(2,3)4/h6-12,19,21H,1-5H3,(H,30,37). The quantitative estimate of drug-likeness (QED) is 0.338. The van der Waals surface area contributed by atoms with Crippen LogP contribution in [-0.2, 0) is 11.8 Å². The monoisotopic (exact) mass is 542 g/mol. The van der Waals surface area contributed by atoms with Gasteiger partial charge in [-0.2, -0.15) is 0 Å². The van der Waals surface area contributed by atoms with Gasteiger partial charge in [0.2, 0.25) is 5.82 Å². The number of benzene rings is 1. The zero-order valence-electron chi connectivity index (χ0n) is 21.3. The Morgan fingerprint density at radius 2 is 1.84 bits per heavy atom. The molecule has 3 aromatic heterocycles. The number of pyridine rings is 1. The molecule has 9 nitrogen and oxygen atoms in total. The number of hydrogen-bond donors (Lipinski definition) is 1. The fourth-order valence-electron chi connectivity index (χ4n) is 4.72. The fraction of sp³-hybridized carbons (Fsp3) is 0.308. The molecule has 38 heavy (non-hydrogen) atoms. The number of halogens is 3. The van der Waals surface area contributed by atoms with Crippen LogP contribution in [-0.4, -0.2) is 36.8 Å². The zero-order valence-corrected chi connectivity index (χ0v) is 22.0. The molecule has 2 amide bonds. The Balaban J connectivity index is 1.68. The highest BCUT2D eigenvalue weighted by Crippen LogP contribution is 2.45. The van der Waals surface area contributed by atoms with Gasteiger partial charge in [-0.1, -0.05) is 23.7 Å². The van der Waals surface area contributed by atoms with E-state index in [4.69, 9.17) is 16.3 Å². The van der Waals surface area contributed by atoms with Crippen LogP contribution in [0.1, 0.15) is 66.2 Å². The van der Waals surface area contributed by atoms with Crippen LogP contribution in [0.3, 0.4) is 0 Å². The number of carbonyl (C=O) groups is 2. The van der Waals surface area contributed by atoms with Crippen LogP contribution in [0.15, 0.2) is 42.7 Å². The molecule has 0 saturated carbocycles. The molecule has 1 atom stereocenters. The number of hydrogen-bond acceptors (Lipinski definition) is 5. The van der Waals surface area contributed by atoms with Crippen LogP contribution in [0.25, 0.3) is 5.65 Å². The van der Waals surface area contributed by atoms with Crippen molar-refractivity contribution in [3.63, 3.8) is 0 Å². The molecule has 0 spiro atoms. The number of carbonyl (C=O) groups excluding carboxylic acids is 2. The highest BCUT2D eigenvalue weighted by atomic mass is 35.5. The molecule has 1 aliphatic rings. The SMILES string of the molecule is Cc1cc(N2C(=O)c3c(NC(=O)OC(C)(C)C)cn(C)c3C2c2ccc(Cl)cc2)cn2c(C(F)F)nnc12. The summed E-state index contributed by atoms with van der Waals surface area (Å²) in [5.74, 6) is -0.943. The largest absolute Gasteiger partial charge is 0.444 e. The lowest BCUT2D eigenvalue weighted by molar-refractivity contribution is 0.0636. The molecule has 0 aliphatic carbocycles. The minimum Gasteiger partial charge on any atom is -0.444 e. The van der Waals surface area contributed by atoms with E-state index >= 15 is 0 Å². The molecule has 4 heterocycles. The van der Waals surface area contributed by atoms with E-state index in [1.54, 1.807) is 75.8 Å². The lowest BCUT2D eigenvalue weighted by atomic mass is 10.0. The first-order valence-corrected chi connectivity index (χ1v) is 12.1. The summed E-state index contributed by atoms with van der Waals surface area (Å²) in [6, 6.07) is 8.08. The minimum absolute atomic E-state index is 0.267. The smallest absolute Gasteiger partial charge is 0.412 e. The van der Waals surface area contributed by atoms with Gasteiger partial charge in [0.25, 0.3) is 12.3 Å². The Labute approximate surface area is 222 Å². The molecular weight excluding hydrogens is 518 g/mol. The molecule has 0 radical (unpaired) electrons. The molecule has 4 aromatic rings. The summed E-state index contributed by atoms with van der Waals surface area (Å²) < 4.78 is 35.7. The maximum atomic E-state index is 14.1. The lowest BCUT2D eigenvalue weighted by Crippen LogP contribution is -2.31. The Morgan fingerprint density at radius 3 is 2.47 bits per heavy atom. The van der Waals surface area contributed by atoms with Crippen LogP contribution >= 0.6 is 11.6 Å². The van der Waals surface area contributed by atoms with Gasteiger partial charge in [-0.3, -0.25) is 19.4 Å². The second-order valence-corrected chi connectivity index (χ2v) is 10.5. The number of nitrogens with one attached hydrogen (secondary N) is 1. The zero-order chi connectivity index (χ0) is 27.5. The van der Waals surface area contributed by atoms with E-state index in [0.29, 0.717) is 22.0 Å². The molecule has 5 rings (SSSR count). The molecule has 198 valence electrons. The normalized spacial score (nSPS) is 15.4. The maximum absolute atomic E-state index is 14.1. The molecule has 0 saturated heterocycles. The number of amides is 2. The number of nitrogens with zero attached hydrogens (tertiary/aromatic N) is 5.